The standard InChI is InChI=1S/C6H7ClO2/c1-4-2-3-5(9-4)6(7)8/h2-5H,1H3. The highest BCUT2D eigenvalue weighted by molar-refractivity contribution is 6.64. The molecular formula is C6H7ClO2. The zero-order valence-electron chi connectivity index (χ0n) is 5.00. The number of hydrogen-bond donors (Lipinski definition) is 0. The maximum Gasteiger partial charge on any atom is 0.254 e. The lowest BCUT2D eigenvalue weighted by molar-refractivity contribution is -0.119. The first kappa shape index (κ1) is 6.78. The predicted molar refractivity (Wildman–Crippen MR) is 34.3 cm³/mol. The topological polar surface area (TPSA) is 26.3 Å². The van der Waals surface area contributed by atoms with Crippen LogP contribution in [0.5, 0.6) is 0 Å². The van der Waals surface area contributed by atoms with E-state index < -0.39 is 11.3 Å². The van der Waals surface area contributed by atoms with Crippen molar-refractivity contribution < 1.29 is 9.53 Å². The van der Waals surface area contributed by atoms with Crippen molar-refractivity contribution in [1.29, 1.82) is 0 Å². The van der Waals surface area contributed by atoms with Crippen molar-refractivity contribution in [2.45, 2.75) is 19.1 Å². The molecule has 0 bridgehead atoms. The zero-order chi connectivity index (χ0) is 6.85. The molecule has 0 aliphatic carbocycles. The SMILES string of the molecule is CC1C=CC(C(=O)Cl)O1. The molecule has 0 N–H and O–H groups in total. The molecule has 0 fully saturated rings. The van der Waals surface area contributed by atoms with Crippen LogP contribution in [0, 0.1) is 0 Å². The Morgan fingerprint density at radius 2 is 2.33 bits per heavy atom. The van der Waals surface area contributed by atoms with Crippen LogP contribution in [0.25, 0.3) is 0 Å². The summed E-state index contributed by atoms with van der Waals surface area (Å²) in [4.78, 5) is 10.4. The van der Waals surface area contributed by atoms with Crippen LogP contribution in [0.2, 0.25) is 0 Å². The summed E-state index contributed by atoms with van der Waals surface area (Å²) in [5.41, 5.74) is 0. The Hall–Kier alpha value is -0.340. The van der Waals surface area contributed by atoms with E-state index in [-0.39, 0.29) is 6.10 Å². The first-order valence-corrected chi connectivity index (χ1v) is 3.11. The van der Waals surface area contributed by atoms with Gasteiger partial charge in [0, 0.05) is 0 Å². The number of carbonyl (C=O) groups excluding carboxylic acids is 1. The lowest BCUT2D eigenvalue weighted by Crippen LogP contribution is -2.15. The lowest BCUT2D eigenvalue weighted by Gasteiger charge is -2.03. The Kier molecular flexibility index (Phi) is 1.88. The molecular weight excluding hydrogens is 140 g/mol. The Bertz CT molecular complexity index is 153. The number of ether oxygens (including phenoxy) is 1. The molecule has 1 aliphatic rings. The molecule has 0 amide bonds. The summed E-state index contributed by atoms with van der Waals surface area (Å²) in [6, 6.07) is 0. The van der Waals surface area contributed by atoms with Gasteiger partial charge in [-0.25, -0.2) is 0 Å². The molecule has 50 valence electrons. The highest BCUT2D eigenvalue weighted by atomic mass is 35.5. The smallest absolute Gasteiger partial charge is 0.254 e. The molecule has 0 saturated carbocycles. The van der Waals surface area contributed by atoms with Crippen LogP contribution < -0.4 is 0 Å². The molecule has 0 aromatic rings. The highest BCUT2D eigenvalue weighted by Crippen LogP contribution is 2.12. The molecule has 2 atom stereocenters. The second kappa shape index (κ2) is 2.50. The summed E-state index contributed by atoms with van der Waals surface area (Å²) in [7, 11) is 0. The van der Waals surface area contributed by atoms with E-state index in [1.165, 1.54) is 0 Å². The van der Waals surface area contributed by atoms with Crippen LogP contribution in [-0.4, -0.2) is 17.5 Å². The largest absolute Gasteiger partial charge is 0.358 e. The van der Waals surface area contributed by atoms with Crippen molar-refractivity contribution in [1.82, 2.24) is 0 Å². The highest BCUT2D eigenvalue weighted by Gasteiger charge is 2.20. The van der Waals surface area contributed by atoms with Crippen molar-refractivity contribution in [3.05, 3.63) is 12.2 Å². The van der Waals surface area contributed by atoms with E-state index in [1.807, 2.05) is 13.0 Å². The molecule has 0 aromatic carbocycles. The van der Waals surface area contributed by atoms with Crippen LogP contribution in [-0.2, 0) is 9.53 Å². The molecule has 0 radical (unpaired) electrons. The molecule has 0 saturated heterocycles. The fraction of sp³-hybridized carbons (Fsp3) is 0.500. The van der Waals surface area contributed by atoms with Gasteiger partial charge in [-0.3, -0.25) is 4.79 Å². The normalized spacial score (nSPS) is 33.1. The molecule has 0 spiro atoms. The van der Waals surface area contributed by atoms with Crippen molar-refractivity contribution in [3.63, 3.8) is 0 Å². The van der Waals surface area contributed by atoms with Gasteiger partial charge < -0.3 is 4.74 Å². The first-order chi connectivity index (χ1) is 4.20. The number of hydrogen-bond acceptors (Lipinski definition) is 2. The minimum absolute atomic E-state index is 0.0256. The molecule has 9 heavy (non-hydrogen) atoms. The van der Waals surface area contributed by atoms with Crippen LogP contribution in [0.1, 0.15) is 6.92 Å². The molecule has 1 rings (SSSR count). The Morgan fingerprint density at radius 1 is 1.67 bits per heavy atom. The van der Waals surface area contributed by atoms with Gasteiger partial charge in [0.2, 0.25) is 0 Å². The maximum atomic E-state index is 10.4. The van der Waals surface area contributed by atoms with Gasteiger partial charge in [-0.05, 0) is 24.6 Å². The lowest BCUT2D eigenvalue weighted by atomic mass is 10.3. The van der Waals surface area contributed by atoms with Crippen molar-refractivity contribution in [2.75, 3.05) is 0 Å². The van der Waals surface area contributed by atoms with E-state index in [0.29, 0.717) is 0 Å². The molecule has 1 aliphatic heterocycles. The first-order valence-electron chi connectivity index (χ1n) is 2.73. The monoisotopic (exact) mass is 146 g/mol. The molecule has 2 unspecified atom stereocenters. The van der Waals surface area contributed by atoms with Crippen molar-refractivity contribution in [3.8, 4) is 0 Å². The van der Waals surface area contributed by atoms with Gasteiger partial charge in [0.1, 0.15) is 0 Å². The number of carbonyl (C=O) groups is 1. The third-order valence-corrected chi connectivity index (χ3v) is 1.36. The van der Waals surface area contributed by atoms with Crippen molar-refractivity contribution >= 4 is 16.8 Å². The van der Waals surface area contributed by atoms with Gasteiger partial charge >= 0.3 is 0 Å². The average molecular weight is 147 g/mol. The Labute approximate surface area is 58.4 Å². The van der Waals surface area contributed by atoms with Gasteiger partial charge in [0.25, 0.3) is 5.24 Å². The van der Waals surface area contributed by atoms with E-state index in [1.54, 1.807) is 6.08 Å². The van der Waals surface area contributed by atoms with E-state index >= 15 is 0 Å². The minimum atomic E-state index is -0.512. The molecule has 0 aromatic heterocycles. The molecule has 3 heteroatoms. The van der Waals surface area contributed by atoms with Gasteiger partial charge in [-0.15, -0.1) is 0 Å². The zero-order valence-corrected chi connectivity index (χ0v) is 5.76. The molecule has 1 heterocycles. The van der Waals surface area contributed by atoms with Crippen LogP contribution in [0.4, 0.5) is 0 Å². The van der Waals surface area contributed by atoms with Gasteiger partial charge in [0.05, 0.1) is 6.10 Å². The second-order valence-corrected chi connectivity index (χ2v) is 2.32. The average Bonchev–Trinajstić information content (AvgIpc) is 2.14. The summed E-state index contributed by atoms with van der Waals surface area (Å²) in [5, 5.41) is -0.449. The summed E-state index contributed by atoms with van der Waals surface area (Å²) >= 11 is 5.13. The van der Waals surface area contributed by atoms with E-state index in [2.05, 4.69) is 0 Å². The van der Waals surface area contributed by atoms with E-state index in [9.17, 15) is 4.79 Å². The maximum absolute atomic E-state index is 10.4. The van der Waals surface area contributed by atoms with Crippen LogP contribution in [0.3, 0.4) is 0 Å². The fourth-order valence-corrected chi connectivity index (χ4v) is 0.833. The summed E-state index contributed by atoms with van der Waals surface area (Å²) in [5.74, 6) is 0. The summed E-state index contributed by atoms with van der Waals surface area (Å²) < 4.78 is 5.03. The number of halogens is 1. The minimum Gasteiger partial charge on any atom is -0.358 e. The second-order valence-electron chi connectivity index (χ2n) is 1.95. The van der Waals surface area contributed by atoms with Crippen LogP contribution in [0.15, 0.2) is 12.2 Å². The third kappa shape index (κ3) is 1.53. The van der Waals surface area contributed by atoms with Gasteiger partial charge in [-0.1, -0.05) is 6.08 Å². The summed E-state index contributed by atoms with van der Waals surface area (Å²) in [6.45, 7) is 1.86. The van der Waals surface area contributed by atoms with Gasteiger partial charge in [0.15, 0.2) is 6.10 Å². The van der Waals surface area contributed by atoms with E-state index in [4.69, 9.17) is 16.3 Å². The molecule has 2 nitrogen and oxygen atoms in total. The predicted octanol–water partition coefficient (Wildman–Crippen LogP) is 1.10. The van der Waals surface area contributed by atoms with Crippen molar-refractivity contribution in [2.24, 2.45) is 0 Å². The quantitative estimate of drug-likeness (QED) is 0.409. The Morgan fingerprint density at radius 3 is 2.56 bits per heavy atom. The summed E-state index contributed by atoms with van der Waals surface area (Å²) in [6.07, 6.45) is 2.99. The van der Waals surface area contributed by atoms with Gasteiger partial charge in [-0.2, -0.15) is 0 Å². The van der Waals surface area contributed by atoms with Crippen LogP contribution >= 0.6 is 11.6 Å². The fourth-order valence-electron chi connectivity index (χ4n) is 0.709. The third-order valence-electron chi connectivity index (χ3n) is 1.14. The number of rotatable bonds is 1. The van der Waals surface area contributed by atoms with E-state index in [0.717, 1.165) is 0 Å². The Balaban J connectivity index is 2.50.